The van der Waals surface area contributed by atoms with Crippen LogP contribution in [0.3, 0.4) is 0 Å². The van der Waals surface area contributed by atoms with Crippen LogP contribution < -0.4 is 0 Å². The summed E-state index contributed by atoms with van der Waals surface area (Å²) >= 11 is 0. The molecule has 0 aliphatic carbocycles. The lowest BCUT2D eigenvalue weighted by Crippen LogP contribution is -2.28. The van der Waals surface area contributed by atoms with Crippen molar-refractivity contribution in [2.24, 2.45) is 0 Å². The van der Waals surface area contributed by atoms with Crippen molar-refractivity contribution in [2.45, 2.75) is 26.8 Å². The Kier molecular flexibility index (Phi) is 4.17. The summed E-state index contributed by atoms with van der Waals surface area (Å²) in [7, 11) is 0. The van der Waals surface area contributed by atoms with Crippen LogP contribution in [-0.2, 0) is 11.3 Å². The Bertz CT molecular complexity index is 282. The van der Waals surface area contributed by atoms with Crippen molar-refractivity contribution in [1.29, 1.82) is 0 Å². The van der Waals surface area contributed by atoms with E-state index in [4.69, 9.17) is 0 Å². The summed E-state index contributed by atoms with van der Waals surface area (Å²) in [5, 5.41) is 0. The van der Waals surface area contributed by atoms with E-state index in [1.807, 2.05) is 35.2 Å². The monoisotopic (exact) mass is 191 g/mol. The van der Waals surface area contributed by atoms with E-state index in [-0.39, 0.29) is 5.91 Å². The van der Waals surface area contributed by atoms with Gasteiger partial charge >= 0.3 is 0 Å². The summed E-state index contributed by atoms with van der Waals surface area (Å²) in [6.07, 6.45) is 1.01. The van der Waals surface area contributed by atoms with E-state index in [9.17, 15) is 4.79 Å². The maximum absolute atomic E-state index is 11.3. The molecule has 0 heterocycles. The van der Waals surface area contributed by atoms with Gasteiger partial charge in [-0.3, -0.25) is 4.79 Å². The summed E-state index contributed by atoms with van der Waals surface area (Å²) in [5.74, 6) is 0.149. The molecule has 1 amide bonds. The zero-order valence-corrected chi connectivity index (χ0v) is 8.86. The highest BCUT2D eigenvalue weighted by atomic mass is 16.2. The molecule has 0 fully saturated rings. The van der Waals surface area contributed by atoms with E-state index in [0.29, 0.717) is 0 Å². The SMILES string of the molecule is CCCN(Cc1ccccc1)C(C)=O. The number of amides is 1. The Labute approximate surface area is 85.5 Å². The third-order valence-corrected chi connectivity index (χ3v) is 2.16. The molecule has 1 aromatic rings. The molecule has 0 saturated carbocycles. The molecule has 0 atom stereocenters. The molecule has 0 unspecified atom stereocenters. The first-order valence-corrected chi connectivity index (χ1v) is 5.03. The van der Waals surface area contributed by atoms with E-state index in [1.54, 1.807) is 6.92 Å². The maximum Gasteiger partial charge on any atom is 0.219 e. The topological polar surface area (TPSA) is 20.3 Å². The number of hydrogen-bond donors (Lipinski definition) is 0. The molecule has 1 aromatic carbocycles. The predicted molar refractivity (Wildman–Crippen MR) is 57.8 cm³/mol. The summed E-state index contributed by atoms with van der Waals surface area (Å²) in [6, 6.07) is 10.1. The summed E-state index contributed by atoms with van der Waals surface area (Å²) in [6.45, 7) is 5.27. The van der Waals surface area contributed by atoms with Crippen LogP contribution in [0.1, 0.15) is 25.8 Å². The lowest BCUT2D eigenvalue weighted by atomic mass is 10.2. The number of nitrogens with zero attached hydrogens (tertiary/aromatic N) is 1. The number of carbonyl (C=O) groups excluding carboxylic acids is 1. The van der Waals surface area contributed by atoms with Crippen molar-refractivity contribution in [1.82, 2.24) is 4.90 Å². The third-order valence-electron chi connectivity index (χ3n) is 2.16. The van der Waals surface area contributed by atoms with Crippen molar-refractivity contribution in [3.63, 3.8) is 0 Å². The van der Waals surface area contributed by atoms with Gasteiger partial charge in [-0.25, -0.2) is 0 Å². The molecule has 0 radical (unpaired) electrons. The van der Waals surface area contributed by atoms with Gasteiger partial charge in [0.2, 0.25) is 5.91 Å². The molecule has 0 spiro atoms. The van der Waals surface area contributed by atoms with Gasteiger partial charge in [0.1, 0.15) is 0 Å². The first-order valence-electron chi connectivity index (χ1n) is 5.03. The summed E-state index contributed by atoms with van der Waals surface area (Å²) in [5.41, 5.74) is 1.19. The lowest BCUT2D eigenvalue weighted by molar-refractivity contribution is -0.129. The summed E-state index contributed by atoms with van der Waals surface area (Å²) < 4.78 is 0. The molecular formula is C12H17NO. The van der Waals surface area contributed by atoms with Gasteiger partial charge in [0.15, 0.2) is 0 Å². The predicted octanol–water partition coefficient (Wildman–Crippen LogP) is 2.45. The van der Waals surface area contributed by atoms with Crippen molar-refractivity contribution in [2.75, 3.05) is 6.54 Å². The zero-order chi connectivity index (χ0) is 10.4. The lowest BCUT2D eigenvalue weighted by Gasteiger charge is -2.20. The first-order chi connectivity index (χ1) is 6.74. The third kappa shape index (κ3) is 3.21. The van der Waals surface area contributed by atoms with Gasteiger partial charge in [-0.05, 0) is 12.0 Å². The zero-order valence-electron chi connectivity index (χ0n) is 8.86. The summed E-state index contributed by atoms with van der Waals surface area (Å²) in [4.78, 5) is 13.1. The number of hydrogen-bond acceptors (Lipinski definition) is 1. The van der Waals surface area contributed by atoms with E-state index in [2.05, 4.69) is 6.92 Å². The largest absolute Gasteiger partial charge is 0.339 e. The van der Waals surface area contributed by atoms with Gasteiger partial charge in [-0.1, -0.05) is 37.3 Å². The maximum atomic E-state index is 11.3. The Hall–Kier alpha value is -1.31. The van der Waals surface area contributed by atoms with Crippen molar-refractivity contribution >= 4 is 5.91 Å². The standard InChI is InChI=1S/C12H17NO/c1-3-9-13(11(2)14)10-12-7-5-4-6-8-12/h4-8H,3,9-10H2,1-2H3. The van der Waals surface area contributed by atoms with Gasteiger partial charge in [-0.15, -0.1) is 0 Å². The average Bonchev–Trinajstić information content (AvgIpc) is 2.18. The molecule has 0 saturated heterocycles. The minimum atomic E-state index is 0.149. The normalized spacial score (nSPS) is 9.86. The van der Waals surface area contributed by atoms with Crippen LogP contribution in [0.25, 0.3) is 0 Å². The van der Waals surface area contributed by atoms with Gasteiger partial charge < -0.3 is 4.90 Å². The van der Waals surface area contributed by atoms with Gasteiger partial charge in [0.05, 0.1) is 0 Å². The minimum Gasteiger partial charge on any atom is -0.339 e. The van der Waals surface area contributed by atoms with Gasteiger partial charge in [0, 0.05) is 20.0 Å². The quantitative estimate of drug-likeness (QED) is 0.715. The molecule has 0 aromatic heterocycles. The van der Waals surface area contributed by atoms with Gasteiger partial charge in [-0.2, -0.15) is 0 Å². The first kappa shape index (κ1) is 10.8. The fourth-order valence-electron chi connectivity index (χ4n) is 1.42. The highest BCUT2D eigenvalue weighted by Gasteiger charge is 2.06. The Morgan fingerprint density at radius 2 is 1.93 bits per heavy atom. The average molecular weight is 191 g/mol. The Morgan fingerprint density at radius 1 is 1.29 bits per heavy atom. The van der Waals surface area contributed by atoms with Crippen molar-refractivity contribution in [3.05, 3.63) is 35.9 Å². The Morgan fingerprint density at radius 3 is 2.43 bits per heavy atom. The highest BCUT2D eigenvalue weighted by Crippen LogP contribution is 2.04. The van der Waals surface area contributed by atoms with Crippen LogP contribution in [0, 0.1) is 0 Å². The molecular weight excluding hydrogens is 174 g/mol. The Balaban J connectivity index is 2.60. The van der Waals surface area contributed by atoms with Crippen molar-refractivity contribution < 1.29 is 4.79 Å². The second kappa shape index (κ2) is 5.43. The second-order valence-corrected chi connectivity index (χ2v) is 3.43. The second-order valence-electron chi connectivity index (χ2n) is 3.43. The van der Waals surface area contributed by atoms with Crippen LogP contribution in [0.4, 0.5) is 0 Å². The van der Waals surface area contributed by atoms with Crippen LogP contribution >= 0.6 is 0 Å². The van der Waals surface area contributed by atoms with Gasteiger partial charge in [0.25, 0.3) is 0 Å². The number of benzene rings is 1. The van der Waals surface area contributed by atoms with Crippen molar-refractivity contribution in [3.8, 4) is 0 Å². The molecule has 0 aliphatic rings. The minimum absolute atomic E-state index is 0.149. The van der Waals surface area contributed by atoms with E-state index >= 15 is 0 Å². The fourth-order valence-corrected chi connectivity index (χ4v) is 1.42. The van der Waals surface area contributed by atoms with Crippen LogP contribution in [-0.4, -0.2) is 17.4 Å². The van der Waals surface area contributed by atoms with Crippen LogP contribution in [0.5, 0.6) is 0 Å². The molecule has 1 rings (SSSR count). The van der Waals surface area contributed by atoms with Crippen LogP contribution in [0.2, 0.25) is 0 Å². The van der Waals surface area contributed by atoms with Crippen LogP contribution in [0.15, 0.2) is 30.3 Å². The number of carbonyl (C=O) groups is 1. The molecule has 14 heavy (non-hydrogen) atoms. The molecule has 0 N–H and O–H groups in total. The van der Waals surface area contributed by atoms with E-state index < -0.39 is 0 Å². The smallest absolute Gasteiger partial charge is 0.219 e. The molecule has 2 heteroatoms. The molecule has 0 bridgehead atoms. The fraction of sp³-hybridized carbons (Fsp3) is 0.417. The molecule has 2 nitrogen and oxygen atoms in total. The molecule has 0 aliphatic heterocycles. The highest BCUT2D eigenvalue weighted by molar-refractivity contribution is 5.73. The molecule has 76 valence electrons. The van der Waals surface area contributed by atoms with E-state index in [1.165, 1.54) is 5.56 Å². The van der Waals surface area contributed by atoms with E-state index in [0.717, 1.165) is 19.5 Å². The number of rotatable bonds is 4.